The predicted octanol–water partition coefficient (Wildman–Crippen LogP) is -1.11. The molecule has 0 spiro atoms. The van der Waals surface area contributed by atoms with E-state index in [9.17, 15) is 15.3 Å². The Morgan fingerprint density at radius 1 is 1.50 bits per heavy atom. The molecule has 1 saturated heterocycles. The van der Waals surface area contributed by atoms with Gasteiger partial charge in [-0.25, -0.2) is 9.50 Å². The molecule has 22 heavy (non-hydrogen) atoms. The Kier molecular flexibility index (Phi) is 3.35. The molecule has 5 N–H and O–H groups in total. The van der Waals surface area contributed by atoms with Crippen molar-refractivity contribution in [2.75, 3.05) is 12.3 Å². The molecule has 2 aromatic rings. The van der Waals surface area contributed by atoms with Crippen molar-refractivity contribution in [3.8, 4) is 0 Å². The number of fused-ring (bicyclic) bond motifs is 1. The van der Waals surface area contributed by atoms with Gasteiger partial charge in [-0.1, -0.05) is 0 Å². The summed E-state index contributed by atoms with van der Waals surface area (Å²) in [5.74, 6) is 0.184. The van der Waals surface area contributed by atoms with Crippen molar-refractivity contribution in [1.29, 1.82) is 0 Å². The number of hydrogen-bond donors (Lipinski definition) is 4. The highest BCUT2D eigenvalue weighted by Crippen LogP contribution is 2.41. The molecule has 1 fully saturated rings. The van der Waals surface area contributed by atoms with E-state index in [4.69, 9.17) is 16.0 Å². The third-order valence-electron chi connectivity index (χ3n) is 3.66. The van der Waals surface area contributed by atoms with Crippen LogP contribution in [-0.4, -0.2) is 54.8 Å². The molecule has 4 atom stereocenters. The molecule has 0 aliphatic carbocycles. The number of rotatable bonds is 3. The minimum atomic E-state index is -1.94. The smallest absolute Gasteiger partial charge is 0.217 e. The standard InChI is InChI=1S/C11H13N7O4/c12-10-5-1-2-7(18(5)15-4-14-10)11(16-17-13)9(21)8(20)6(3-19)22-11/h1-2,4,6,8-9,19-21H,3H2,(H2,12,14,15)/t6-,8?,9+,11+/m1/s1. The van der Waals surface area contributed by atoms with Gasteiger partial charge in [-0.3, -0.25) is 0 Å². The van der Waals surface area contributed by atoms with Gasteiger partial charge in [0.05, 0.1) is 12.3 Å². The van der Waals surface area contributed by atoms with E-state index in [-0.39, 0.29) is 11.5 Å². The summed E-state index contributed by atoms with van der Waals surface area (Å²) < 4.78 is 6.76. The second kappa shape index (κ2) is 5.09. The maximum absolute atomic E-state index is 10.3. The zero-order valence-electron chi connectivity index (χ0n) is 11.2. The molecule has 3 rings (SSSR count). The molecule has 116 valence electrons. The molecule has 0 saturated carbocycles. The van der Waals surface area contributed by atoms with Crippen LogP contribution < -0.4 is 5.73 Å². The lowest BCUT2D eigenvalue weighted by atomic mass is 10.0. The summed E-state index contributed by atoms with van der Waals surface area (Å²) in [7, 11) is 0. The van der Waals surface area contributed by atoms with Crippen LogP contribution >= 0.6 is 0 Å². The lowest BCUT2D eigenvalue weighted by molar-refractivity contribution is -0.0970. The van der Waals surface area contributed by atoms with Crippen molar-refractivity contribution in [2.24, 2.45) is 5.11 Å². The van der Waals surface area contributed by atoms with Crippen LogP contribution in [0, 0.1) is 0 Å². The van der Waals surface area contributed by atoms with Gasteiger partial charge < -0.3 is 25.8 Å². The van der Waals surface area contributed by atoms with Crippen LogP contribution in [0.3, 0.4) is 0 Å². The number of azide groups is 1. The molecular weight excluding hydrogens is 294 g/mol. The molecule has 0 radical (unpaired) electrons. The fourth-order valence-electron chi connectivity index (χ4n) is 2.59. The first kappa shape index (κ1) is 14.5. The minimum Gasteiger partial charge on any atom is -0.394 e. The minimum absolute atomic E-state index is 0.164. The van der Waals surface area contributed by atoms with Gasteiger partial charge in [-0.05, 0) is 22.8 Å². The quantitative estimate of drug-likeness (QED) is 0.315. The number of nitrogens with zero attached hydrogens (tertiary/aromatic N) is 6. The number of nitrogens with two attached hydrogens (primary N) is 1. The van der Waals surface area contributed by atoms with Crippen molar-refractivity contribution < 1.29 is 20.1 Å². The van der Waals surface area contributed by atoms with Gasteiger partial charge in [0.1, 0.15) is 30.2 Å². The lowest BCUT2D eigenvalue weighted by Crippen LogP contribution is -2.40. The van der Waals surface area contributed by atoms with Crippen molar-refractivity contribution in [3.63, 3.8) is 0 Å². The maximum atomic E-state index is 10.3. The first-order valence-corrected chi connectivity index (χ1v) is 6.35. The van der Waals surface area contributed by atoms with E-state index in [1.807, 2.05) is 0 Å². The molecule has 0 bridgehead atoms. The summed E-state index contributed by atoms with van der Waals surface area (Å²) in [5.41, 5.74) is 13.2. The summed E-state index contributed by atoms with van der Waals surface area (Å²) in [6.07, 6.45) is -2.93. The number of aromatic nitrogens is 3. The fourth-order valence-corrected chi connectivity index (χ4v) is 2.59. The van der Waals surface area contributed by atoms with Gasteiger partial charge in [0.15, 0.2) is 5.82 Å². The SMILES string of the molecule is [N-]=[N+]=N[C@@]1(c2ccc3c(N)ncnn23)O[C@H](CO)C(O)[C@@H]1O. The van der Waals surface area contributed by atoms with Gasteiger partial charge in [-0.15, -0.1) is 0 Å². The first-order chi connectivity index (χ1) is 10.5. The molecule has 2 aromatic heterocycles. The molecule has 1 unspecified atom stereocenters. The summed E-state index contributed by atoms with van der Waals surface area (Å²) >= 11 is 0. The topological polar surface area (TPSA) is 175 Å². The average Bonchev–Trinajstić information content (AvgIpc) is 3.04. The number of aliphatic hydroxyl groups is 3. The van der Waals surface area contributed by atoms with Gasteiger partial charge in [0, 0.05) is 4.91 Å². The second-order valence-corrected chi connectivity index (χ2v) is 4.82. The van der Waals surface area contributed by atoms with Gasteiger partial charge in [-0.2, -0.15) is 5.10 Å². The summed E-state index contributed by atoms with van der Waals surface area (Å²) in [6.45, 7) is -0.554. The van der Waals surface area contributed by atoms with Crippen LogP contribution in [-0.2, 0) is 10.5 Å². The lowest BCUT2D eigenvalue weighted by Gasteiger charge is -2.26. The van der Waals surface area contributed by atoms with E-state index in [0.717, 1.165) is 0 Å². The molecule has 1 aliphatic rings. The Balaban J connectivity index is 2.24. The second-order valence-electron chi connectivity index (χ2n) is 4.82. The first-order valence-electron chi connectivity index (χ1n) is 6.35. The third-order valence-corrected chi connectivity index (χ3v) is 3.66. The number of anilines is 1. The highest BCUT2D eigenvalue weighted by molar-refractivity contribution is 5.65. The summed E-state index contributed by atoms with van der Waals surface area (Å²) in [5, 5.41) is 37.0. The molecule has 1 aliphatic heterocycles. The largest absolute Gasteiger partial charge is 0.394 e. The van der Waals surface area contributed by atoms with Crippen LogP contribution in [0.2, 0.25) is 0 Å². The number of aliphatic hydroxyl groups excluding tert-OH is 3. The van der Waals surface area contributed by atoms with Gasteiger partial charge in [0.2, 0.25) is 5.72 Å². The van der Waals surface area contributed by atoms with E-state index < -0.39 is 30.6 Å². The van der Waals surface area contributed by atoms with E-state index in [2.05, 4.69) is 20.1 Å². The molecule has 11 heteroatoms. The Labute approximate surface area is 123 Å². The molecule has 11 nitrogen and oxygen atoms in total. The Bertz CT molecular complexity index is 758. The normalized spacial score (nSPS) is 31.3. The Morgan fingerprint density at radius 3 is 2.91 bits per heavy atom. The average molecular weight is 307 g/mol. The van der Waals surface area contributed by atoms with Crippen LogP contribution in [0.15, 0.2) is 23.6 Å². The summed E-state index contributed by atoms with van der Waals surface area (Å²) in [6, 6.07) is 3.05. The van der Waals surface area contributed by atoms with Crippen LogP contribution in [0.25, 0.3) is 16.0 Å². The number of ether oxygens (including phenoxy) is 1. The van der Waals surface area contributed by atoms with Crippen LogP contribution in [0.4, 0.5) is 5.82 Å². The van der Waals surface area contributed by atoms with E-state index in [1.165, 1.54) is 16.9 Å². The van der Waals surface area contributed by atoms with Gasteiger partial charge in [0.25, 0.3) is 0 Å². The molecule has 3 heterocycles. The van der Waals surface area contributed by atoms with Crippen molar-refractivity contribution in [2.45, 2.75) is 24.0 Å². The highest BCUT2D eigenvalue weighted by Gasteiger charge is 2.56. The maximum Gasteiger partial charge on any atom is 0.217 e. The Hall–Kier alpha value is -2.43. The van der Waals surface area contributed by atoms with Crippen LogP contribution in [0.5, 0.6) is 0 Å². The molecule has 0 aromatic carbocycles. The van der Waals surface area contributed by atoms with Crippen LogP contribution in [0.1, 0.15) is 5.69 Å². The zero-order chi connectivity index (χ0) is 15.9. The fraction of sp³-hybridized carbons (Fsp3) is 0.455. The molecule has 0 amide bonds. The van der Waals surface area contributed by atoms with Crippen molar-refractivity contribution in [1.82, 2.24) is 14.6 Å². The van der Waals surface area contributed by atoms with E-state index in [0.29, 0.717) is 5.52 Å². The highest BCUT2D eigenvalue weighted by atomic mass is 16.6. The van der Waals surface area contributed by atoms with Crippen molar-refractivity contribution in [3.05, 3.63) is 34.6 Å². The Morgan fingerprint density at radius 2 is 2.27 bits per heavy atom. The molecular formula is C11H13N7O4. The third kappa shape index (κ3) is 1.81. The monoisotopic (exact) mass is 307 g/mol. The van der Waals surface area contributed by atoms with Crippen molar-refractivity contribution >= 4 is 11.3 Å². The predicted molar refractivity (Wildman–Crippen MR) is 72.2 cm³/mol. The van der Waals surface area contributed by atoms with Gasteiger partial charge >= 0.3 is 0 Å². The van der Waals surface area contributed by atoms with E-state index >= 15 is 0 Å². The summed E-state index contributed by atoms with van der Waals surface area (Å²) in [4.78, 5) is 6.52. The number of hydrogen-bond acceptors (Lipinski definition) is 8. The number of nitrogen functional groups attached to an aromatic ring is 1. The zero-order valence-corrected chi connectivity index (χ0v) is 11.2. The van der Waals surface area contributed by atoms with E-state index in [1.54, 1.807) is 6.07 Å².